The molecule has 39 heavy (non-hydrogen) atoms. The lowest BCUT2D eigenvalue weighted by atomic mass is 9.94. The van der Waals surface area contributed by atoms with Crippen molar-refractivity contribution in [2.24, 2.45) is 0 Å². The van der Waals surface area contributed by atoms with Crippen LogP contribution in [-0.2, 0) is 20.7 Å². The molecule has 3 aromatic carbocycles. The molecule has 1 N–H and O–H groups in total. The van der Waals surface area contributed by atoms with Gasteiger partial charge >= 0.3 is 11.9 Å². The van der Waals surface area contributed by atoms with E-state index < -0.39 is 23.7 Å². The zero-order chi connectivity index (χ0) is 27.4. The van der Waals surface area contributed by atoms with Crippen LogP contribution in [0.1, 0.15) is 40.0 Å². The van der Waals surface area contributed by atoms with Gasteiger partial charge in [0.2, 0.25) is 0 Å². The van der Waals surface area contributed by atoms with E-state index in [2.05, 4.69) is 4.98 Å². The summed E-state index contributed by atoms with van der Waals surface area (Å²) in [6.07, 6.45) is 0.668. The number of ketones is 1. The SMILES string of the molecule is COC(=O)c1ccc([C@@H]2C(=C(O)c3ccc4c(c3)C[C@@H](C)O4)C(=O)C(=O)N2c2nc3ccc(Cl)cc3s2)cc1. The average Bonchev–Trinajstić information content (AvgIpc) is 3.59. The third kappa shape index (κ3) is 4.24. The summed E-state index contributed by atoms with van der Waals surface area (Å²) in [5, 5.41) is 12.3. The molecule has 0 unspecified atom stereocenters. The van der Waals surface area contributed by atoms with Gasteiger partial charge in [-0.25, -0.2) is 9.78 Å². The third-order valence-electron chi connectivity index (χ3n) is 6.81. The van der Waals surface area contributed by atoms with Crippen molar-refractivity contribution in [2.75, 3.05) is 12.0 Å². The lowest BCUT2D eigenvalue weighted by Gasteiger charge is -2.23. The van der Waals surface area contributed by atoms with Gasteiger partial charge in [-0.1, -0.05) is 35.1 Å². The van der Waals surface area contributed by atoms with Crippen LogP contribution < -0.4 is 9.64 Å². The molecule has 0 spiro atoms. The number of ether oxygens (including phenoxy) is 2. The predicted octanol–water partition coefficient (Wildman–Crippen LogP) is 5.69. The Kier molecular flexibility index (Phi) is 6.12. The molecule has 196 valence electrons. The number of fused-ring (bicyclic) bond motifs is 2. The van der Waals surface area contributed by atoms with Crippen molar-refractivity contribution in [1.82, 2.24) is 4.98 Å². The number of amides is 1. The van der Waals surface area contributed by atoms with Crippen LogP contribution in [-0.4, -0.2) is 41.0 Å². The number of hydrogen-bond acceptors (Lipinski definition) is 8. The van der Waals surface area contributed by atoms with Crippen LogP contribution in [0.15, 0.2) is 66.2 Å². The minimum atomic E-state index is -0.990. The number of carbonyl (C=O) groups excluding carboxylic acids is 3. The highest BCUT2D eigenvalue weighted by Gasteiger charge is 2.48. The topological polar surface area (TPSA) is 106 Å². The second-order valence-corrected chi connectivity index (χ2v) is 10.8. The van der Waals surface area contributed by atoms with Gasteiger partial charge in [-0.3, -0.25) is 14.5 Å². The van der Waals surface area contributed by atoms with E-state index in [1.807, 2.05) is 6.92 Å². The largest absolute Gasteiger partial charge is 0.507 e. The van der Waals surface area contributed by atoms with Crippen LogP contribution in [0.3, 0.4) is 0 Å². The maximum atomic E-state index is 13.5. The van der Waals surface area contributed by atoms with Crippen molar-refractivity contribution in [3.63, 3.8) is 0 Å². The molecule has 10 heteroatoms. The Hall–Kier alpha value is -4.21. The first kappa shape index (κ1) is 25.1. The summed E-state index contributed by atoms with van der Waals surface area (Å²) in [7, 11) is 1.28. The Morgan fingerprint density at radius 3 is 2.59 bits per heavy atom. The number of anilines is 1. The number of hydrogen-bond donors (Lipinski definition) is 1. The first-order chi connectivity index (χ1) is 18.7. The highest BCUT2D eigenvalue weighted by Crippen LogP contribution is 2.45. The maximum Gasteiger partial charge on any atom is 0.337 e. The minimum Gasteiger partial charge on any atom is -0.507 e. The molecule has 0 bridgehead atoms. The summed E-state index contributed by atoms with van der Waals surface area (Å²) in [6.45, 7) is 1.95. The Morgan fingerprint density at radius 2 is 1.85 bits per heavy atom. The fourth-order valence-corrected chi connectivity index (χ4v) is 6.25. The van der Waals surface area contributed by atoms with Crippen LogP contribution in [0.25, 0.3) is 16.0 Å². The van der Waals surface area contributed by atoms with Crippen LogP contribution in [0, 0.1) is 0 Å². The van der Waals surface area contributed by atoms with E-state index in [1.165, 1.54) is 23.3 Å². The Bertz CT molecular complexity index is 1710. The molecule has 2 aliphatic rings. The molecular weight excluding hydrogens is 540 g/mol. The molecule has 2 aliphatic heterocycles. The lowest BCUT2D eigenvalue weighted by Crippen LogP contribution is -2.29. The van der Waals surface area contributed by atoms with Crippen molar-refractivity contribution < 1.29 is 29.0 Å². The van der Waals surface area contributed by atoms with Crippen molar-refractivity contribution in [3.8, 4) is 5.75 Å². The number of Topliss-reactive ketones (excluding diaryl/α,β-unsaturated/α-hetero) is 1. The van der Waals surface area contributed by atoms with Crippen LogP contribution in [0.5, 0.6) is 5.75 Å². The molecule has 0 radical (unpaired) electrons. The Morgan fingerprint density at radius 1 is 1.10 bits per heavy atom. The number of aliphatic hydroxyl groups excluding tert-OH is 1. The Labute approximate surface area is 232 Å². The van der Waals surface area contributed by atoms with Gasteiger partial charge in [0, 0.05) is 17.0 Å². The summed E-state index contributed by atoms with van der Waals surface area (Å²) in [5.41, 5.74) is 2.67. The normalized spacial score (nSPS) is 19.8. The van der Waals surface area contributed by atoms with Gasteiger partial charge in [0.1, 0.15) is 17.6 Å². The number of halogens is 1. The van der Waals surface area contributed by atoms with E-state index in [9.17, 15) is 19.5 Å². The van der Waals surface area contributed by atoms with Crippen molar-refractivity contribution >= 4 is 61.7 Å². The molecular formula is C29H21ClN2O6S. The summed E-state index contributed by atoms with van der Waals surface area (Å²) in [6, 6.07) is 15.7. The molecule has 4 aromatic rings. The molecule has 2 atom stereocenters. The second-order valence-electron chi connectivity index (χ2n) is 9.35. The van der Waals surface area contributed by atoms with E-state index in [0.29, 0.717) is 33.7 Å². The minimum absolute atomic E-state index is 0.00356. The summed E-state index contributed by atoms with van der Waals surface area (Å²) in [5.74, 6) is -1.75. The molecule has 1 saturated heterocycles. The quantitative estimate of drug-likeness (QED) is 0.148. The van der Waals surface area contributed by atoms with E-state index in [-0.39, 0.29) is 22.6 Å². The number of nitrogens with zero attached hydrogens (tertiary/aromatic N) is 2. The predicted molar refractivity (Wildman–Crippen MR) is 147 cm³/mol. The zero-order valence-corrected chi connectivity index (χ0v) is 22.4. The van der Waals surface area contributed by atoms with Gasteiger partial charge in [-0.2, -0.15) is 0 Å². The fraction of sp³-hybridized carbons (Fsp3) is 0.172. The first-order valence-corrected chi connectivity index (χ1v) is 13.3. The fourth-order valence-electron chi connectivity index (χ4n) is 4.98. The number of benzene rings is 3. The number of thiazole rings is 1. The van der Waals surface area contributed by atoms with Gasteiger partial charge in [0.05, 0.1) is 34.5 Å². The number of esters is 1. The molecule has 8 nitrogen and oxygen atoms in total. The summed E-state index contributed by atoms with van der Waals surface area (Å²) < 4.78 is 11.3. The zero-order valence-electron chi connectivity index (χ0n) is 20.8. The number of carbonyl (C=O) groups is 3. The van der Waals surface area contributed by atoms with Crippen LogP contribution in [0.2, 0.25) is 5.02 Å². The van der Waals surface area contributed by atoms with Gasteiger partial charge in [0.25, 0.3) is 5.78 Å². The van der Waals surface area contributed by atoms with Gasteiger partial charge < -0.3 is 14.6 Å². The summed E-state index contributed by atoms with van der Waals surface area (Å²) >= 11 is 7.37. The van der Waals surface area contributed by atoms with E-state index in [4.69, 9.17) is 21.1 Å². The van der Waals surface area contributed by atoms with Crippen molar-refractivity contribution in [3.05, 3.63) is 93.5 Å². The van der Waals surface area contributed by atoms with Crippen LogP contribution in [0.4, 0.5) is 5.13 Å². The Balaban J connectivity index is 1.52. The second kappa shape index (κ2) is 9.52. The summed E-state index contributed by atoms with van der Waals surface area (Å²) in [4.78, 5) is 44.9. The van der Waals surface area contributed by atoms with Crippen LogP contribution >= 0.6 is 22.9 Å². The number of rotatable bonds is 4. The highest BCUT2D eigenvalue weighted by atomic mass is 35.5. The van der Waals surface area contributed by atoms with Gasteiger partial charge in [-0.15, -0.1) is 0 Å². The lowest BCUT2D eigenvalue weighted by molar-refractivity contribution is -0.132. The average molecular weight is 561 g/mol. The third-order valence-corrected chi connectivity index (χ3v) is 8.06. The molecule has 1 amide bonds. The molecule has 1 fully saturated rings. The first-order valence-electron chi connectivity index (χ1n) is 12.1. The van der Waals surface area contributed by atoms with Gasteiger partial charge in [-0.05, 0) is 66.6 Å². The number of aromatic nitrogens is 1. The van der Waals surface area contributed by atoms with E-state index >= 15 is 0 Å². The van der Waals surface area contributed by atoms with Crippen molar-refractivity contribution in [1.29, 1.82) is 0 Å². The maximum absolute atomic E-state index is 13.5. The molecule has 1 aromatic heterocycles. The molecule has 6 rings (SSSR count). The molecule has 0 saturated carbocycles. The smallest absolute Gasteiger partial charge is 0.337 e. The highest BCUT2D eigenvalue weighted by molar-refractivity contribution is 7.22. The molecule has 3 heterocycles. The van der Waals surface area contributed by atoms with Gasteiger partial charge in [0.15, 0.2) is 5.13 Å². The number of methoxy groups -OCH3 is 1. The number of aliphatic hydroxyl groups is 1. The van der Waals surface area contributed by atoms with Crippen molar-refractivity contribution in [2.45, 2.75) is 25.5 Å². The monoisotopic (exact) mass is 560 g/mol. The standard InChI is InChI=1S/C29H21ClN2O6S/c1-14-11-18-12-17(7-10-21(18)38-14)25(33)23-24(15-3-5-16(6-4-15)28(36)37-2)32(27(35)26(23)34)29-31-20-9-8-19(30)13-22(20)39-29/h3-10,12-14,24,33H,11H2,1-2H3/t14-,24-/m1/s1. The molecule has 0 aliphatic carbocycles. The van der Waals surface area contributed by atoms with E-state index in [1.54, 1.807) is 60.7 Å². The van der Waals surface area contributed by atoms with E-state index in [0.717, 1.165) is 16.0 Å².